The van der Waals surface area contributed by atoms with Crippen molar-refractivity contribution in [3.8, 4) is 0 Å². The Balaban J connectivity index is 1.50. The average Bonchev–Trinajstić information content (AvgIpc) is 2.81. The van der Waals surface area contributed by atoms with Crippen LogP contribution in [0.25, 0.3) is 6.08 Å². The summed E-state index contributed by atoms with van der Waals surface area (Å²) in [7, 11) is 0. The molecular weight excluding hydrogens is 388 g/mol. The fraction of sp³-hybridized carbons (Fsp3) is 0.407. The molecule has 0 heterocycles. The second-order valence-electron chi connectivity index (χ2n) is 7.62. The molecule has 0 saturated carbocycles. The largest absolute Gasteiger partial charge is 0.463 e. The first-order valence-electron chi connectivity index (χ1n) is 11.3. The lowest BCUT2D eigenvalue weighted by Gasteiger charge is -2.05. The minimum Gasteiger partial charge on any atom is -0.463 e. The quantitative estimate of drug-likeness (QED) is 0.201. The van der Waals surface area contributed by atoms with Gasteiger partial charge in [-0.2, -0.15) is 0 Å². The Morgan fingerprint density at radius 3 is 2.13 bits per heavy atom. The molecule has 0 saturated heterocycles. The normalized spacial score (nSPS) is 10.9. The topological polar surface area (TPSA) is 52.6 Å². The Morgan fingerprint density at radius 1 is 0.774 bits per heavy atom. The highest BCUT2D eigenvalue weighted by atomic mass is 16.5. The highest BCUT2D eigenvalue weighted by Gasteiger charge is 2.05. The maximum atomic E-state index is 11.8. The molecule has 0 amide bonds. The van der Waals surface area contributed by atoms with Gasteiger partial charge in [0, 0.05) is 6.08 Å². The van der Waals surface area contributed by atoms with Crippen LogP contribution < -0.4 is 0 Å². The van der Waals surface area contributed by atoms with Crippen molar-refractivity contribution in [3.63, 3.8) is 0 Å². The van der Waals surface area contributed by atoms with Crippen molar-refractivity contribution < 1.29 is 19.1 Å². The summed E-state index contributed by atoms with van der Waals surface area (Å²) in [5.74, 6) is -0.601. The van der Waals surface area contributed by atoms with Gasteiger partial charge in [0.2, 0.25) is 0 Å². The summed E-state index contributed by atoms with van der Waals surface area (Å²) in [6.07, 6.45) is 11.6. The molecular formula is C27H34O4. The fourth-order valence-corrected chi connectivity index (χ4v) is 3.14. The number of rotatable bonds is 14. The van der Waals surface area contributed by atoms with Crippen molar-refractivity contribution in [1.29, 1.82) is 0 Å². The summed E-state index contributed by atoms with van der Waals surface area (Å²) in [4.78, 5) is 23.6. The maximum absolute atomic E-state index is 11.8. The summed E-state index contributed by atoms with van der Waals surface area (Å²) in [6, 6.07) is 17.3. The summed E-state index contributed by atoms with van der Waals surface area (Å²) in [5, 5.41) is 0. The second-order valence-corrected chi connectivity index (χ2v) is 7.62. The van der Waals surface area contributed by atoms with Crippen molar-refractivity contribution in [3.05, 3.63) is 77.4 Å². The third kappa shape index (κ3) is 10.6. The lowest BCUT2D eigenvalue weighted by Crippen LogP contribution is -2.06. The van der Waals surface area contributed by atoms with Crippen LogP contribution in [0.2, 0.25) is 0 Å². The lowest BCUT2D eigenvalue weighted by atomic mass is 10.1. The zero-order valence-electron chi connectivity index (χ0n) is 18.6. The molecule has 0 spiro atoms. The molecule has 0 aliphatic heterocycles. The van der Waals surface area contributed by atoms with Crippen LogP contribution in [0.5, 0.6) is 0 Å². The number of carbonyl (C=O) groups excluding carboxylic acids is 2. The number of hydrogen-bond acceptors (Lipinski definition) is 4. The van der Waals surface area contributed by atoms with Gasteiger partial charge in [-0.1, -0.05) is 62.2 Å². The molecule has 0 aliphatic rings. The molecule has 2 aromatic carbocycles. The van der Waals surface area contributed by atoms with Gasteiger partial charge in [-0.05, 0) is 67.9 Å². The van der Waals surface area contributed by atoms with Crippen molar-refractivity contribution in [2.45, 2.75) is 58.3 Å². The van der Waals surface area contributed by atoms with Crippen LogP contribution in [-0.2, 0) is 20.7 Å². The van der Waals surface area contributed by atoms with Crippen LogP contribution in [0.15, 0.2) is 60.7 Å². The van der Waals surface area contributed by atoms with Crippen molar-refractivity contribution in [1.82, 2.24) is 0 Å². The smallest absolute Gasteiger partial charge is 0.338 e. The molecule has 0 aromatic heterocycles. The summed E-state index contributed by atoms with van der Waals surface area (Å²) in [6.45, 7) is 3.02. The molecule has 0 atom stereocenters. The first kappa shape index (κ1) is 24.4. The molecule has 0 bridgehead atoms. The van der Waals surface area contributed by atoms with Crippen molar-refractivity contribution in [2.24, 2.45) is 0 Å². The number of aryl methyl sites for hydroxylation is 1. The molecule has 0 radical (unpaired) electrons. The highest BCUT2D eigenvalue weighted by Crippen LogP contribution is 2.10. The predicted octanol–water partition coefficient (Wildman–Crippen LogP) is 6.39. The molecule has 2 rings (SSSR count). The van der Waals surface area contributed by atoms with E-state index in [1.54, 1.807) is 18.2 Å². The standard InChI is InChI=1S/C27H34O4/c1-2-3-7-12-23-15-17-24(18-16-23)19-20-26(28)30-21-10-4-5-11-22-31-27(29)25-13-8-6-9-14-25/h6,8-9,13-20H,2-5,7,10-12,21-22H2,1H3. The number of ether oxygens (including phenoxy) is 2. The number of esters is 2. The Kier molecular flexibility index (Phi) is 11.8. The van der Waals surface area contributed by atoms with E-state index in [0.717, 1.165) is 37.7 Å². The molecule has 166 valence electrons. The van der Waals surface area contributed by atoms with Gasteiger partial charge in [-0.3, -0.25) is 0 Å². The molecule has 4 nitrogen and oxygen atoms in total. The zero-order chi connectivity index (χ0) is 22.2. The molecule has 4 heteroatoms. The van der Waals surface area contributed by atoms with Gasteiger partial charge >= 0.3 is 11.9 Å². The van der Waals surface area contributed by atoms with Crippen LogP contribution in [0.1, 0.15) is 73.4 Å². The lowest BCUT2D eigenvalue weighted by molar-refractivity contribution is -0.137. The number of unbranched alkanes of at least 4 members (excludes halogenated alkanes) is 5. The van der Waals surface area contributed by atoms with Gasteiger partial charge in [0.05, 0.1) is 18.8 Å². The molecule has 0 unspecified atom stereocenters. The average molecular weight is 423 g/mol. The first-order chi connectivity index (χ1) is 15.2. The monoisotopic (exact) mass is 422 g/mol. The number of hydrogen-bond donors (Lipinski definition) is 0. The van der Waals surface area contributed by atoms with Gasteiger partial charge in [-0.15, -0.1) is 0 Å². The Morgan fingerprint density at radius 2 is 1.45 bits per heavy atom. The van der Waals surface area contributed by atoms with Crippen LogP contribution in [0, 0.1) is 0 Å². The van der Waals surface area contributed by atoms with E-state index in [0.29, 0.717) is 18.8 Å². The number of benzene rings is 2. The van der Waals surface area contributed by atoms with Gasteiger partial charge in [0.1, 0.15) is 0 Å². The van der Waals surface area contributed by atoms with E-state index in [4.69, 9.17) is 9.47 Å². The molecule has 2 aromatic rings. The van der Waals surface area contributed by atoms with E-state index in [1.165, 1.54) is 30.9 Å². The van der Waals surface area contributed by atoms with Gasteiger partial charge in [0.25, 0.3) is 0 Å². The van der Waals surface area contributed by atoms with E-state index in [2.05, 4.69) is 19.1 Å². The van der Waals surface area contributed by atoms with E-state index in [1.807, 2.05) is 30.3 Å². The van der Waals surface area contributed by atoms with E-state index in [9.17, 15) is 9.59 Å². The van der Waals surface area contributed by atoms with E-state index in [-0.39, 0.29) is 11.9 Å². The summed E-state index contributed by atoms with van der Waals surface area (Å²) in [5.41, 5.74) is 2.91. The summed E-state index contributed by atoms with van der Waals surface area (Å²) < 4.78 is 10.5. The van der Waals surface area contributed by atoms with Crippen LogP contribution >= 0.6 is 0 Å². The van der Waals surface area contributed by atoms with E-state index >= 15 is 0 Å². The summed E-state index contributed by atoms with van der Waals surface area (Å²) >= 11 is 0. The first-order valence-corrected chi connectivity index (χ1v) is 11.3. The zero-order valence-corrected chi connectivity index (χ0v) is 18.6. The third-order valence-corrected chi connectivity index (χ3v) is 4.99. The van der Waals surface area contributed by atoms with Crippen LogP contribution in [-0.4, -0.2) is 25.2 Å². The van der Waals surface area contributed by atoms with Crippen molar-refractivity contribution >= 4 is 18.0 Å². The van der Waals surface area contributed by atoms with Crippen LogP contribution in [0.4, 0.5) is 0 Å². The molecule has 31 heavy (non-hydrogen) atoms. The Bertz CT molecular complexity index is 794. The van der Waals surface area contributed by atoms with Gasteiger partial charge in [0.15, 0.2) is 0 Å². The van der Waals surface area contributed by atoms with E-state index < -0.39 is 0 Å². The highest BCUT2D eigenvalue weighted by molar-refractivity contribution is 5.89. The SMILES string of the molecule is CCCCCc1ccc(C=CC(=O)OCCCCCCOC(=O)c2ccccc2)cc1. The second kappa shape index (κ2) is 15.0. The Hall–Kier alpha value is -2.88. The predicted molar refractivity (Wildman–Crippen MR) is 125 cm³/mol. The minimum absolute atomic E-state index is 0.285. The molecule has 0 fully saturated rings. The number of carbonyl (C=O) groups is 2. The molecule has 0 aliphatic carbocycles. The minimum atomic E-state index is -0.316. The van der Waals surface area contributed by atoms with Crippen molar-refractivity contribution in [2.75, 3.05) is 13.2 Å². The fourth-order valence-electron chi connectivity index (χ4n) is 3.14. The Labute approximate surface area is 186 Å². The molecule has 0 N–H and O–H groups in total. The third-order valence-electron chi connectivity index (χ3n) is 4.99. The van der Waals surface area contributed by atoms with Gasteiger partial charge < -0.3 is 9.47 Å². The van der Waals surface area contributed by atoms with Crippen LogP contribution in [0.3, 0.4) is 0 Å². The van der Waals surface area contributed by atoms with Gasteiger partial charge in [-0.25, -0.2) is 9.59 Å². The maximum Gasteiger partial charge on any atom is 0.338 e.